The lowest BCUT2D eigenvalue weighted by Crippen LogP contribution is -2.49. The molecule has 0 radical (unpaired) electrons. The molecule has 1 N–H and O–H groups in total. The maximum atomic E-state index is 12.6. The zero-order valence-electron chi connectivity index (χ0n) is 17.2. The van der Waals surface area contributed by atoms with Crippen molar-refractivity contribution in [1.29, 1.82) is 0 Å². The second kappa shape index (κ2) is 8.66. The number of hydrogen-bond acceptors (Lipinski definition) is 4. The van der Waals surface area contributed by atoms with Crippen molar-refractivity contribution in [2.75, 3.05) is 37.6 Å². The van der Waals surface area contributed by atoms with Crippen molar-refractivity contribution in [2.45, 2.75) is 26.3 Å². The molecule has 4 heterocycles. The van der Waals surface area contributed by atoms with Crippen LogP contribution in [0.3, 0.4) is 0 Å². The monoisotopic (exact) mass is 391 g/mol. The van der Waals surface area contributed by atoms with Crippen LogP contribution < -0.4 is 10.2 Å². The van der Waals surface area contributed by atoms with Gasteiger partial charge in [-0.15, -0.1) is 0 Å². The minimum atomic E-state index is -0.0490. The van der Waals surface area contributed by atoms with Crippen molar-refractivity contribution < 1.29 is 4.79 Å². The standard InChI is InChI=1S/C23H29N5O/c1-18(2)26-13-15-27(16-14-26)22-9-8-21-7-6-19(17-28(21)22)23(29)25-12-10-20-5-3-4-11-24-20/h3-9,11,17-18H,10,12-16H2,1-2H3,(H,25,29). The quantitative estimate of drug-likeness (QED) is 0.702. The summed E-state index contributed by atoms with van der Waals surface area (Å²) in [4.78, 5) is 21.9. The number of aromatic nitrogens is 2. The summed E-state index contributed by atoms with van der Waals surface area (Å²) in [6.07, 6.45) is 4.46. The highest BCUT2D eigenvalue weighted by atomic mass is 16.1. The predicted octanol–water partition coefficient (Wildman–Crippen LogP) is 2.84. The smallest absolute Gasteiger partial charge is 0.252 e. The Labute approximate surface area is 172 Å². The molecule has 152 valence electrons. The van der Waals surface area contributed by atoms with Crippen LogP contribution in [0, 0.1) is 0 Å². The van der Waals surface area contributed by atoms with Crippen molar-refractivity contribution >= 4 is 17.2 Å². The van der Waals surface area contributed by atoms with Gasteiger partial charge in [0.15, 0.2) is 0 Å². The zero-order valence-corrected chi connectivity index (χ0v) is 17.2. The van der Waals surface area contributed by atoms with Gasteiger partial charge in [0.05, 0.1) is 5.56 Å². The molecule has 1 saturated heterocycles. The molecule has 29 heavy (non-hydrogen) atoms. The highest BCUT2D eigenvalue weighted by Crippen LogP contribution is 2.22. The number of pyridine rings is 2. The van der Waals surface area contributed by atoms with Crippen LogP contribution in [-0.4, -0.2) is 59.0 Å². The molecule has 3 aromatic rings. The van der Waals surface area contributed by atoms with Crippen LogP contribution in [0.4, 0.5) is 5.82 Å². The highest BCUT2D eigenvalue weighted by molar-refractivity contribution is 5.94. The first-order valence-corrected chi connectivity index (χ1v) is 10.4. The van der Waals surface area contributed by atoms with Crippen LogP contribution in [-0.2, 0) is 6.42 Å². The Morgan fingerprint density at radius 2 is 1.86 bits per heavy atom. The van der Waals surface area contributed by atoms with E-state index in [9.17, 15) is 4.79 Å². The second-order valence-corrected chi connectivity index (χ2v) is 7.85. The molecule has 1 fully saturated rings. The van der Waals surface area contributed by atoms with E-state index in [-0.39, 0.29) is 5.91 Å². The Morgan fingerprint density at radius 1 is 1.07 bits per heavy atom. The number of anilines is 1. The van der Waals surface area contributed by atoms with Crippen molar-refractivity contribution in [2.24, 2.45) is 0 Å². The Bertz CT molecular complexity index is 958. The lowest BCUT2D eigenvalue weighted by molar-refractivity contribution is 0.0953. The summed E-state index contributed by atoms with van der Waals surface area (Å²) >= 11 is 0. The van der Waals surface area contributed by atoms with E-state index in [0.29, 0.717) is 18.2 Å². The number of hydrogen-bond donors (Lipinski definition) is 1. The fourth-order valence-electron chi connectivity index (χ4n) is 3.90. The minimum absolute atomic E-state index is 0.0490. The molecule has 1 aliphatic rings. The fraction of sp³-hybridized carbons (Fsp3) is 0.391. The molecule has 6 nitrogen and oxygen atoms in total. The molecule has 1 aliphatic heterocycles. The molecule has 0 aliphatic carbocycles. The Hall–Kier alpha value is -2.86. The summed E-state index contributed by atoms with van der Waals surface area (Å²) in [7, 11) is 0. The van der Waals surface area contributed by atoms with Crippen LogP contribution in [0.1, 0.15) is 29.9 Å². The Morgan fingerprint density at radius 3 is 2.59 bits per heavy atom. The van der Waals surface area contributed by atoms with E-state index < -0.39 is 0 Å². The fourth-order valence-corrected chi connectivity index (χ4v) is 3.90. The van der Waals surface area contributed by atoms with Gasteiger partial charge < -0.3 is 14.6 Å². The van der Waals surface area contributed by atoms with Crippen molar-refractivity contribution in [3.8, 4) is 0 Å². The van der Waals surface area contributed by atoms with Crippen LogP contribution in [0.25, 0.3) is 5.52 Å². The van der Waals surface area contributed by atoms with Gasteiger partial charge in [0.1, 0.15) is 5.82 Å². The third-order valence-corrected chi connectivity index (χ3v) is 5.65. The molecule has 0 bridgehead atoms. The number of carbonyl (C=O) groups excluding carboxylic acids is 1. The molecule has 0 saturated carbocycles. The number of piperazine rings is 1. The summed E-state index contributed by atoms with van der Waals surface area (Å²) in [5, 5.41) is 3.01. The maximum absolute atomic E-state index is 12.6. The van der Waals surface area contributed by atoms with E-state index in [1.54, 1.807) is 6.20 Å². The lowest BCUT2D eigenvalue weighted by Gasteiger charge is -2.37. The van der Waals surface area contributed by atoms with E-state index in [0.717, 1.165) is 49.6 Å². The normalized spacial score (nSPS) is 15.2. The summed E-state index contributed by atoms with van der Waals surface area (Å²) < 4.78 is 2.14. The third-order valence-electron chi connectivity index (χ3n) is 5.65. The van der Waals surface area contributed by atoms with Gasteiger partial charge in [-0.3, -0.25) is 14.7 Å². The second-order valence-electron chi connectivity index (χ2n) is 7.85. The van der Waals surface area contributed by atoms with E-state index >= 15 is 0 Å². The number of nitrogens with one attached hydrogen (secondary N) is 1. The number of nitrogens with zero attached hydrogens (tertiary/aromatic N) is 4. The molecule has 0 aromatic carbocycles. The number of rotatable bonds is 6. The summed E-state index contributed by atoms with van der Waals surface area (Å²) in [5.41, 5.74) is 2.77. The molecule has 3 aromatic heterocycles. The Balaban J connectivity index is 1.43. The van der Waals surface area contributed by atoms with E-state index in [1.807, 2.05) is 36.5 Å². The lowest BCUT2D eigenvalue weighted by atomic mass is 10.2. The number of fused-ring (bicyclic) bond motifs is 1. The first-order valence-electron chi connectivity index (χ1n) is 10.4. The minimum Gasteiger partial charge on any atom is -0.355 e. The van der Waals surface area contributed by atoms with Crippen molar-refractivity contribution in [3.05, 3.63) is 66.1 Å². The van der Waals surface area contributed by atoms with Crippen molar-refractivity contribution in [1.82, 2.24) is 19.6 Å². The van der Waals surface area contributed by atoms with E-state index in [2.05, 4.69) is 50.5 Å². The molecular formula is C23H29N5O. The first-order chi connectivity index (χ1) is 14.1. The largest absolute Gasteiger partial charge is 0.355 e. The van der Waals surface area contributed by atoms with E-state index in [4.69, 9.17) is 0 Å². The van der Waals surface area contributed by atoms with Gasteiger partial charge in [-0.25, -0.2) is 0 Å². The van der Waals surface area contributed by atoms with Gasteiger partial charge in [0.2, 0.25) is 0 Å². The van der Waals surface area contributed by atoms with Crippen LogP contribution in [0.2, 0.25) is 0 Å². The predicted molar refractivity (Wildman–Crippen MR) is 117 cm³/mol. The Kier molecular flexibility index (Phi) is 5.81. The molecule has 0 spiro atoms. The molecule has 1 amide bonds. The highest BCUT2D eigenvalue weighted by Gasteiger charge is 2.21. The van der Waals surface area contributed by atoms with Gasteiger partial charge in [-0.05, 0) is 50.2 Å². The van der Waals surface area contributed by atoms with Gasteiger partial charge in [0.25, 0.3) is 5.91 Å². The van der Waals surface area contributed by atoms with E-state index in [1.165, 1.54) is 0 Å². The molecule has 4 rings (SSSR count). The van der Waals surface area contributed by atoms with Gasteiger partial charge in [0, 0.05) is 68.8 Å². The molecular weight excluding hydrogens is 362 g/mol. The van der Waals surface area contributed by atoms with Crippen molar-refractivity contribution in [3.63, 3.8) is 0 Å². The molecule has 0 atom stereocenters. The maximum Gasteiger partial charge on any atom is 0.252 e. The summed E-state index contributed by atoms with van der Waals surface area (Å²) in [6, 6.07) is 14.6. The SMILES string of the molecule is CC(C)N1CCN(c2ccc3ccc(C(=O)NCCc4ccccn4)cn23)CC1. The first kappa shape index (κ1) is 19.5. The third kappa shape index (κ3) is 4.43. The van der Waals surface area contributed by atoms with Gasteiger partial charge >= 0.3 is 0 Å². The van der Waals surface area contributed by atoms with Crippen LogP contribution >= 0.6 is 0 Å². The summed E-state index contributed by atoms with van der Waals surface area (Å²) in [6.45, 7) is 9.22. The average molecular weight is 392 g/mol. The van der Waals surface area contributed by atoms with Gasteiger partial charge in [-0.2, -0.15) is 0 Å². The number of amides is 1. The average Bonchev–Trinajstić information content (AvgIpc) is 3.17. The van der Waals surface area contributed by atoms with Gasteiger partial charge in [-0.1, -0.05) is 6.07 Å². The van der Waals surface area contributed by atoms with Crippen LogP contribution in [0.5, 0.6) is 0 Å². The molecule has 6 heteroatoms. The topological polar surface area (TPSA) is 52.9 Å². The molecule has 0 unspecified atom stereocenters. The zero-order chi connectivity index (χ0) is 20.2. The summed E-state index contributed by atoms with van der Waals surface area (Å²) in [5.74, 6) is 1.11. The number of carbonyl (C=O) groups is 1. The van der Waals surface area contributed by atoms with Crippen LogP contribution in [0.15, 0.2) is 54.9 Å².